The minimum absolute atomic E-state index is 0.0285. The van der Waals surface area contributed by atoms with Gasteiger partial charge in [-0.3, -0.25) is 9.59 Å². The Hall–Kier alpha value is -1.89. The summed E-state index contributed by atoms with van der Waals surface area (Å²) in [7, 11) is 0. The number of rotatable bonds is 5. The fourth-order valence-corrected chi connectivity index (χ4v) is 3.20. The zero-order valence-electron chi connectivity index (χ0n) is 12.0. The molecular weight excluding hydrogens is 309 g/mol. The SMILES string of the molecule is CC(=O)SCC1CC(=O)N(C(C(=O)O)c2ccc(F)cc2)C1. The van der Waals surface area contributed by atoms with Gasteiger partial charge in [0.25, 0.3) is 0 Å². The largest absolute Gasteiger partial charge is 0.479 e. The van der Waals surface area contributed by atoms with Crippen LogP contribution in [-0.4, -0.2) is 39.3 Å². The van der Waals surface area contributed by atoms with Crippen molar-refractivity contribution in [2.24, 2.45) is 5.92 Å². The van der Waals surface area contributed by atoms with Crippen molar-refractivity contribution in [2.45, 2.75) is 19.4 Å². The Morgan fingerprint density at radius 3 is 2.59 bits per heavy atom. The maximum Gasteiger partial charge on any atom is 0.331 e. The molecule has 0 aliphatic carbocycles. The smallest absolute Gasteiger partial charge is 0.331 e. The van der Waals surface area contributed by atoms with E-state index in [1.54, 1.807) is 0 Å². The molecule has 1 aromatic rings. The van der Waals surface area contributed by atoms with Gasteiger partial charge in [-0.25, -0.2) is 9.18 Å². The van der Waals surface area contributed by atoms with E-state index in [1.165, 1.54) is 36.1 Å². The van der Waals surface area contributed by atoms with Crippen molar-refractivity contribution in [3.63, 3.8) is 0 Å². The molecule has 7 heteroatoms. The summed E-state index contributed by atoms with van der Waals surface area (Å²) in [5.74, 6) is -1.43. The molecule has 1 N–H and O–H groups in total. The molecular formula is C15H16FNO4S. The second-order valence-corrected chi connectivity index (χ2v) is 6.41. The first-order chi connectivity index (χ1) is 10.4. The third-order valence-electron chi connectivity index (χ3n) is 3.49. The summed E-state index contributed by atoms with van der Waals surface area (Å²) < 4.78 is 13.0. The number of amides is 1. The minimum atomic E-state index is -1.15. The lowest BCUT2D eigenvalue weighted by Crippen LogP contribution is -2.35. The van der Waals surface area contributed by atoms with Gasteiger partial charge in [0.1, 0.15) is 5.82 Å². The molecule has 1 aliphatic heterocycles. The van der Waals surface area contributed by atoms with Crippen LogP contribution in [0.1, 0.15) is 24.9 Å². The predicted octanol–water partition coefficient (Wildman–Crippen LogP) is 2.08. The molecule has 1 heterocycles. The molecule has 1 amide bonds. The minimum Gasteiger partial charge on any atom is -0.479 e. The Morgan fingerprint density at radius 1 is 1.41 bits per heavy atom. The summed E-state index contributed by atoms with van der Waals surface area (Å²) in [5, 5.41) is 9.40. The predicted molar refractivity (Wildman–Crippen MR) is 79.7 cm³/mol. The van der Waals surface area contributed by atoms with Crippen molar-refractivity contribution in [1.82, 2.24) is 4.90 Å². The van der Waals surface area contributed by atoms with E-state index in [2.05, 4.69) is 0 Å². The van der Waals surface area contributed by atoms with E-state index < -0.39 is 17.8 Å². The summed E-state index contributed by atoms with van der Waals surface area (Å²) in [5.41, 5.74) is 0.363. The molecule has 22 heavy (non-hydrogen) atoms. The van der Waals surface area contributed by atoms with Gasteiger partial charge in [0.15, 0.2) is 11.2 Å². The first-order valence-corrected chi connectivity index (χ1v) is 7.78. The Balaban J connectivity index is 2.15. The molecule has 0 aromatic heterocycles. The number of carboxylic acid groups (broad SMARTS) is 1. The summed E-state index contributed by atoms with van der Waals surface area (Å²) in [6, 6.07) is 3.97. The molecule has 0 spiro atoms. The maximum atomic E-state index is 13.0. The van der Waals surface area contributed by atoms with Crippen molar-refractivity contribution < 1.29 is 23.9 Å². The van der Waals surface area contributed by atoms with Crippen molar-refractivity contribution >= 4 is 28.8 Å². The van der Waals surface area contributed by atoms with E-state index in [0.29, 0.717) is 11.3 Å². The van der Waals surface area contributed by atoms with Crippen LogP contribution in [0, 0.1) is 11.7 Å². The van der Waals surface area contributed by atoms with Crippen LogP contribution in [-0.2, 0) is 14.4 Å². The van der Waals surface area contributed by atoms with Crippen LogP contribution in [0.25, 0.3) is 0 Å². The van der Waals surface area contributed by atoms with Crippen molar-refractivity contribution in [3.8, 4) is 0 Å². The lowest BCUT2D eigenvalue weighted by molar-refractivity contribution is -0.148. The van der Waals surface area contributed by atoms with Gasteiger partial charge < -0.3 is 10.0 Å². The number of carbonyl (C=O) groups excluding carboxylic acids is 2. The van der Waals surface area contributed by atoms with Crippen LogP contribution in [0.2, 0.25) is 0 Å². The van der Waals surface area contributed by atoms with Gasteiger partial charge in [-0.2, -0.15) is 0 Å². The number of thioether (sulfide) groups is 1. The monoisotopic (exact) mass is 325 g/mol. The van der Waals surface area contributed by atoms with Crippen molar-refractivity contribution in [1.29, 1.82) is 0 Å². The summed E-state index contributed by atoms with van der Waals surface area (Å²) in [6.45, 7) is 1.74. The van der Waals surface area contributed by atoms with Gasteiger partial charge in [-0.15, -0.1) is 0 Å². The maximum absolute atomic E-state index is 13.0. The lowest BCUT2D eigenvalue weighted by Gasteiger charge is -2.25. The fraction of sp³-hybridized carbons (Fsp3) is 0.400. The van der Waals surface area contributed by atoms with E-state index in [4.69, 9.17) is 0 Å². The van der Waals surface area contributed by atoms with Crippen LogP contribution in [0.15, 0.2) is 24.3 Å². The number of hydrogen-bond donors (Lipinski definition) is 1. The Bertz CT molecular complexity index is 590. The zero-order chi connectivity index (χ0) is 16.3. The molecule has 1 aliphatic rings. The first kappa shape index (κ1) is 16.5. The molecule has 0 saturated carbocycles. The number of nitrogens with zero attached hydrogens (tertiary/aromatic N) is 1. The van der Waals surface area contributed by atoms with Crippen LogP contribution in [0.5, 0.6) is 0 Å². The van der Waals surface area contributed by atoms with Crippen LogP contribution in [0.4, 0.5) is 4.39 Å². The Kier molecular flexibility index (Phi) is 5.18. The Labute approximate surface area is 131 Å². The standard InChI is InChI=1S/C15H16FNO4S/c1-9(18)22-8-10-6-13(19)17(7-10)14(15(20)21)11-2-4-12(16)5-3-11/h2-5,10,14H,6-8H2,1H3,(H,20,21). The van der Waals surface area contributed by atoms with E-state index in [-0.39, 0.29) is 29.9 Å². The molecule has 1 saturated heterocycles. The van der Waals surface area contributed by atoms with E-state index in [0.717, 1.165) is 11.8 Å². The van der Waals surface area contributed by atoms with Gasteiger partial charge in [0, 0.05) is 25.6 Å². The van der Waals surface area contributed by atoms with Gasteiger partial charge in [0.05, 0.1) is 0 Å². The van der Waals surface area contributed by atoms with Crippen molar-refractivity contribution in [3.05, 3.63) is 35.6 Å². The van der Waals surface area contributed by atoms with Crippen molar-refractivity contribution in [2.75, 3.05) is 12.3 Å². The third kappa shape index (κ3) is 3.85. The number of halogens is 1. The first-order valence-electron chi connectivity index (χ1n) is 6.79. The highest BCUT2D eigenvalue weighted by Crippen LogP contribution is 2.30. The van der Waals surface area contributed by atoms with Crippen LogP contribution in [0.3, 0.4) is 0 Å². The molecule has 0 radical (unpaired) electrons. The molecule has 1 fully saturated rings. The lowest BCUT2D eigenvalue weighted by atomic mass is 10.1. The summed E-state index contributed by atoms with van der Waals surface area (Å²) in [6.07, 6.45) is 0.227. The highest BCUT2D eigenvalue weighted by atomic mass is 32.2. The van der Waals surface area contributed by atoms with E-state index >= 15 is 0 Å². The quantitative estimate of drug-likeness (QED) is 0.897. The zero-order valence-corrected chi connectivity index (χ0v) is 12.8. The van der Waals surface area contributed by atoms with Crippen LogP contribution >= 0.6 is 11.8 Å². The second-order valence-electron chi connectivity index (χ2n) is 5.21. The van der Waals surface area contributed by atoms with Gasteiger partial charge >= 0.3 is 5.97 Å². The molecule has 118 valence electrons. The summed E-state index contributed by atoms with van der Waals surface area (Å²) in [4.78, 5) is 35.9. The number of likely N-dealkylation sites (tertiary alicyclic amines) is 1. The topological polar surface area (TPSA) is 74.7 Å². The molecule has 2 unspecified atom stereocenters. The van der Waals surface area contributed by atoms with Gasteiger partial charge in [0.2, 0.25) is 5.91 Å². The summed E-state index contributed by atoms with van der Waals surface area (Å²) >= 11 is 1.14. The molecule has 5 nitrogen and oxygen atoms in total. The average molecular weight is 325 g/mol. The number of hydrogen-bond acceptors (Lipinski definition) is 4. The third-order valence-corrected chi connectivity index (χ3v) is 4.54. The van der Waals surface area contributed by atoms with Gasteiger partial charge in [-0.05, 0) is 23.6 Å². The highest BCUT2D eigenvalue weighted by molar-refractivity contribution is 8.13. The molecule has 0 bridgehead atoms. The van der Waals surface area contributed by atoms with Gasteiger partial charge in [-0.1, -0.05) is 23.9 Å². The number of aliphatic carboxylic acids is 1. The average Bonchev–Trinajstić information content (AvgIpc) is 2.80. The molecule has 1 aromatic carbocycles. The van der Waals surface area contributed by atoms with E-state index in [9.17, 15) is 23.9 Å². The van der Waals surface area contributed by atoms with Crippen LogP contribution < -0.4 is 0 Å². The number of benzene rings is 1. The number of carbonyl (C=O) groups is 3. The highest BCUT2D eigenvalue weighted by Gasteiger charge is 2.38. The molecule has 2 atom stereocenters. The second kappa shape index (κ2) is 6.91. The molecule has 2 rings (SSSR count). The fourth-order valence-electron chi connectivity index (χ4n) is 2.51. The number of carboxylic acids is 1. The Morgan fingerprint density at radius 2 is 2.05 bits per heavy atom. The van der Waals surface area contributed by atoms with E-state index in [1.807, 2.05) is 0 Å². The normalized spacial score (nSPS) is 19.3.